The SMILES string of the molecule is CC[C@@H](CNC(=O)c1cc(Br)ccc1F)N1CCCC1. The minimum atomic E-state index is -0.486. The van der Waals surface area contributed by atoms with E-state index >= 15 is 0 Å². The van der Waals surface area contributed by atoms with Gasteiger partial charge in [-0.05, 0) is 50.6 Å². The van der Waals surface area contributed by atoms with Gasteiger partial charge in [0.05, 0.1) is 5.56 Å². The van der Waals surface area contributed by atoms with Crippen LogP contribution in [0, 0.1) is 5.82 Å². The van der Waals surface area contributed by atoms with Gasteiger partial charge in [-0.1, -0.05) is 22.9 Å². The van der Waals surface area contributed by atoms with Gasteiger partial charge in [0.1, 0.15) is 5.82 Å². The molecule has 1 saturated heterocycles. The van der Waals surface area contributed by atoms with Crippen molar-refractivity contribution in [2.45, 2.75) is 32.2 Å². The number of likely N-dealkylation sites (tertiary alicyclic amines) is 1. The fraction of sp³-hybridized carbons (Fsp3) is 0.533. The van der Waals surface area contributed by atoms with E-state index in [4.69, 9.17) is 0 Å². The van der Waals surface area contributed by atoms with E-state index in [1.807, 2.05) is 0 Å². The number of rotatable bonds is 5. The summed E-state index contributed by atoms with van der Waals surface area (Å²) in [6.45, 7) is 4.88. The summed E-state index contributed by atoms with van der Waals surface area (Å²) in [5, 5.41) is 2.85. The molecule has 1 aromatic rings. The number of carbonyl (C=O) groups is 1. The number of amides is 1. The predicted molar refractivity (Wildman–Crippen MR) is 81.3 cm³/mol. The van der Waals surface area contributed by atoms with Gasteiger partial charge >= 0.3 is 0 Å². The van der Waals surface area contributed by atoms with Crippen LogP contribution in [-0.4, -0.2) is 36.5 Å². The van der Waals surface area contributed by atoms with Gasteiger partial charge in [-0.15, -0.1) is 0 Å². The number of halogens is 2. The second-order valence-electron chi connectivity index (χ2n) is 5.14. The number of hydrogen-bond donors (Lipinski definition) is 1. The quantitative estimate of drug-likeness (QED) is 0.891. The van der Waals surface area contributed by atoms with E-state index in [-0.39, 0.29) is 11.5 Å². The van der Waals surface area contributed by atoms with Gasteiger partial charge in [0.25, 0.3) is 5.91 Å². The molecule has 2 rings (SSSR count). The van der Waals surface area contributed by atoms with Crippen LogP contribution < -0.4 is 5.32 Å². The number of benzene rings is 1. The lowest BCUT2D eigenvalue weighted by Crippen LogP contribution is -2.42. The molecule has 20 heavy (non-hydrogen) atoms. The smallest absolute Gasteiger partial charge is 0.254 e. The minimum absolute atomic E-state index is 0.0932. The van der Waals surface area contributed by atoms with Crippen molar-refractivity contribution in [2.24, 2.45) is 0 Å². The summed E-state index contributed by atoms with van der Waals surface area (Å²) >= 11 is 3.26. The highest BCUT2D eigenvalue weighted by molar-refractivity contribution is 9.10. The summed E-state index contributed by atoms with van der Waals surface area (Å²) in [7, 11) is 0. The minimum Gasteiger partial charge on any atom is -0.350 e. The van der Waals surface area contributed by atoms with E-state index in [2.05, 4.69) is 33.1 Å². The van der Waals surface area contributed by atoms with Crippen molar-refractivity contribution in [3.8, 4) is 0 Å². The summed E-state index contributed by atoms with van der Waals surface area (Å²) in [6.07, 6.45) is 3.44. The maximum Gasteiger partial charge on any atom is 0.254 e. The van der Waals surface area contributed by atoms with E-state index in [1.54, 1.807) is 6.07 Å². The van der Waals surface area contributed by atoms with E-state index in [0.29, 0.717) is 17.1 Å². The average Bonchev–Trinajstić information content (AvgIpc) is 2.96. The van der Waals surface area contributed by atoms with Gasteiger partial charge in [-0.2, -0.15) is 0 Å². The van der Waals surface area contributed by atoms with Crippen LogP contribution in [0.15, 0.2) is 22.7 Å². The van der Waals surface area contributed by atoms with Crippen LogP contribution in [0.25, 0.3) is 0 Å². The molecule has 1 atom stereocenters. The van der Waals surface area contributed by atoms with Gasteiger partial charge < -0.3 is 5.32 Å². The topological polar surface area (TPSA) is 32.3 Å². The highest BCUT2D eigenvalue weighted by Gasteiger charge is 2.21. The van der Waals surface area contributed by atoms with Crippen LogP contribution in [0.3, 0.4) is 0 Å². The molecule has 1 amide bonds. The number of nitrogens with one attached hydrogen (secondary N) is 1. The molecule has 1 fully saturated rings. The Labute approximate surface area is 127 Å². The first kappa shape index (κ1) is 15.4. The summed E-state index contributed by atoms with van der Waals surface area (Å²) in [4.78, 5) is 14.5. The van der Waals surface area contributed by atoms with Crippen molar-refractivity contribution >= 4 is 21.8 Å². The zero-order valence-corrected chi connectivity index (χ0v) is 13.2. The van der Waals surface area contributed by atoms with Crippen molar-refractivity contribution in [3.63, 3.8) is 0 Å². The Morgan fingerprint density at radius 1 is 1.45 bits per heavy atom. The molecule has 0 unspecified atom stereocenters. The molecule has 3 nitrogen and oxygen atoms in total. The first-order valence-corrected chi connectivity index (χ1v) is 7.88. The third-order valence-electron chi connectivity index (χ3n) is 3.80. The Hall–Kier alpha value is -0.940. The molecule has 0 aliphatic carbocycles. The molecule has 5 heteroatoms. The summed E-state index contributed by atoms with van der Waals surface area (Å²) in [5.41, 5.74) is 0.0932. The molecule has 1 aliphatic rings. The van der Waals surface area contributed by atoms with Gasteiger partial charge in [-0.25, -0.2) is 4.39 Å². The van der Waals surface area contributed by atoms with Crippen LogP contribution in [0.5, 0.6) is 0 Å². The van der Waals surface area contributed by atoms with Crippen LogP contribution in [0.1, 0.15) is 36.5 Å². The molecule has 1 heterocycles. The first-order chi connectivity index (χ1) is 9.61. The standard InChI is InChI=1S/C15H20BrFN2O/c1-2-12(19-7-3-4-8-19)10-18-15(20)13-9-11(16)5-6-14(13)17/h5-6,9,12H,2-4,7-8,10H2,1H3,(H,18,20)/t12-/m0/s1. The molecular weight excluding hydrogens is 323 g/mol. The van der Waals surface area contributed by atoms with Crippen LogP contribution in [0.2, 0.25) is 0 Å². The highest BCUT2D eigenvalue weighted by atomic mass is 79.9. The zero-order chi connectivity index (χ0) is 14.5. The number of hydrogen-bond acceptors (Lipinski definition) is 2. The number of carbonyl (C=O) groups excluding carboxylic acids is 1. The normalized spacial score (nSPS) is 17.1. The molecule has 0 radical (unpaired) electrons. The van der Waals surface area contributed by atoms with Crippen molar-refractivity contribution in [2.75, 3.05) is 19.6 Å². The predicted octanol–water partition coefficient (Wildman–Crippen LogP) is 3.19. The largest absolute Gasteiger partial charge is 0.350 e. The van der Waals surface area contributed by atoms with Gasteiger partial charge in [-0.3, -0.25) is 9.69 Å². The molecule has 0 saturated carbocycles. The molecular formula is C15H20BrFN2O. The van der Waals surface area contributed by atoms with Crippen molar-refractivity contribution in [1.29, 1.82) is 0 Å². The second-order valence-corrected chi connectivity index (χ2v) is 6.06. The summed E-state index contributed by atoms with van der Waals surface area (Å²) in [5.74, 6) is -0.832. The van der Waals surface area contributed by atoms with Crippen LogP contribution >= 0.6 is 15.9 Å². The Morgan fingerprint density at radius 2 is 2.15 bits per heavy atom. The average molecular weight is 343 g/mol. The Balaban J connectivity index is 1.95. The van der Waals surface area contributed by atoms with Crippen LogP contribution in [0.4, 0.5) is 4.39 Å². The van der Waals surface area contributed by atoms with E-state index in [0.717, 1.165) is 19.5 Å². The van der Waals surface area contributed by atoms with Gasteiger partial charge in [0.15, 0.2) is 0 Å². The molecule has 1 aliphatic heterocycles. The molecule has 1 aromatic carbocycles. The van der Waals surface area contributed by atoms with Crippen LogP contribution in [-0.2, 0) is 0 Å². The third kappa shape index (κ3) is 3.79. The highest BCUT2D eigenvalue weighted by Crippen LogP contribution is 2.16. The third-order valence-corrected chi connectivity index (χ3v) is 4.29. The molecule has 110 valence electrons. The Kier molecular flexibility index (Phi) is 5.54. The fourth-order valence-corrected chi connectivity index (χ4v) is 2.98. The monoisotopic (exact) mass is 342 g/mol. The molecule has 0 aromatic heterocycles. The van der Waals surface area contributed by atoms with E-state index in [9.17, 15) is 9.18 Å². The first-order valence-electron chi connectivity index (χ1n) is 7.09. The summed E-state index contributed by atoms with van der Waals surface area (Å²) < 4.78 is 14.3. The fourth-order valence-electron chi connectivity index (χ4n) is 2.62. The zero-order valence-electron chi connectivity index (χ0n) is 11.7. The second kappa shape index (κ2) is 7.18. The van der Waals surface area contributed by atoms with Crippen molar-refractivity contribution in [1.82, 2.24) is 10.2 Å². The molecule has 0 bridgehead atoms. The molecule has 1 N–H and O–H groups in total. The van der Waals surface area contributed by atoms with Crippen molar-refractivity contribution in [3.05, 3.63) is 34.1 Å². The lowest BCUT2D eigenvalue weighted by molar-refractivity contribution is 0.0933. The maximum absolute atomic E-state index is 13.6. The molecule has 0 spiro atoms. The van der Waals surface area contributed by atoms with Gasteiger partial charge in [0, 0.05) is 17.1 Å². The Morgan fingerprint density at radius 3 is 2.80 bits per heavy atom. The lowest BCUT2D eigenvalue weighted by atomic mass is 10.1. The van der Waals surface area contributed by atoms with E-state index < -0.39 is 5.82 Å². The maximum atomic E-state index is 13.6. The number of nitrogens with zero attached hydrogens (tertiary/aromatic N) is 1. The van der Waals surface area contributed by atoms with Gasteiger partial charge in [0.2, 0.25) is 0 Å². The summed E-state index contributed by atoms with van der Waals surface area (Å²) in [6, 6.07) is 4.75. The van der Waals surface area contributed by atoms with Crippen molar-refractivity contribution < 1.29 is 9.18 Å². The Bertz CT molecular complexity index is 475. The van der Waals surface area contributed by atoms with E-state index in [1.165, 1.54) is 25.0 Å². The lowest BCUT2D eigenvalue weighted by Gasteiger charge is -2.26.